The number of carbonyl (C=O) groups excluding carboxylic acids is 1. The van der Waals surface area contributed by atoms with Gasteiger partial charge in [-0.25, -0.2) is 0 Å². The van der Waals surface area contributed by atoms with Crippen LogP contribution in [0.15, 0.2) is 42.5 Å². The van der Waals surface area contributed by atoms with E-state index in [1.165, 1.54) is 4.90 Å². The Bertz CT molecular complexity index is 793. The SMILES string of the molecule is CCOc1ccccc1N1CC[NH+](CC(=O)Nc2cc(Cl)ccc2Cl)CC1. The minimum Gasteiger partial charge on any atom is -0.492 e. The van der Waals surface area contributed by atoms with Gasteiger partial charge in [-0.1, -0.05) is 35.3 Å². The minimum atomic E-state index is -0.0580. The van der Waals surface area contributed by atoms with Gasteiger partial charge in [0, 0.05) is 5.02 Å². The number of anilines is 2. The highest BCUT2D eigenvalue weighted by Crippen LogP contribution is 2.28. The fraction of sp³-hybridized carbons (Fsp3) is 0.350. The Morgan fingerprint density at radius 3 is 2.67 bits per heavy atom. The number of rotatable bonds is 6. The van der Waals surface area contributed by atoms with Crippen LogP contribution < -0.4 is 19.9 Å². The van der Waals surface area contributed by atoms with Gasteiger partial charge in [0.2, 0.25) is 0 Å². The molecule has 0 aliphatic carbocycles. The number of quaternary nitrogens is 1. The zero-order chi connectivity index (χ0) is 19.2. The van der Waals surface area contributed by atoms with E-state index in [9.17, 15) is 4.79 Å². The van der Waals surface area contributed by atoms with Crippen LogP contribution in [0, 0.1) is 0 Å². The van der Waals surface area contributed by atoms with Gasteiger partial charge in [-0.15, -0.1) is 0 Å². The van der Waals surface area contributed by atoms with Crippen LogP contribution in [0.4, 0.5) is 11.4 Å². The summed E-state index contributed by atoms with van der Waals surface area (Å²) in [5, 5.41) is 3.89. The van der Waals surface area contributed by atoms with E-state index in [0.717, 1.165) is 37.6 Å². The lowest BCUT2D eigenvalue weighted by Gasteiger charge is -2.34. The van der Waals surface area contributed by atoms with Crippen molar-refractivity contribution in [3.05, 3.63) is 52.5 Å². The number of ether oxygens (including phenoxy) is 1. The molecule has 1 fully saturated rings. The van der Waals surface area contributed by atoms with Crippen LogP contribution in [0.5, 0.6) is 5.75 Å². The highest BCUT2D eigenvalue weighted by molar-refractivity contribution is 6.35. The fourth-order valence-electron chi connectivity index (χ4n) is 3.25. The molecule has 1 heterocycles. The molecule has 2 N–H and O–H groups in total. The Hall–Kier alpha value is -1.95. The van der Waals surface area contributed by atoms with Crippen molar-refractivity contribution >= 4 is 40.5 Å². The first-order chi connectivity index (χ1) is 13.1. The number of benzene rings is 2. The average molecular weight is 409 g/mol. The molecule has 0 unspecified atom stereocenters. The largest absolute Gasteiger partial charge is 0.492 e. The number of piperazine rings is 1. The summed E-state index contributed by atoms with van der Waals surface area (Å²) < 4.78 is 5.73. The maximum absolute atomic E-state index is 12.4. The van der Waals surface area contributed by atoms with Gasteiger partial charge in [0.05, 0.1) is 49.2 Å². The van der Waals surface area contributed by atoms with E-state index in [1.54, 1.807) is 18.2 Å². The molecular weight excluding hydrogens is 385 g/mol. The van der Waals surface area contributed by atoms with E-state index >= 15 is 0 Å². The lowest BCUT2D eigenvalue weighted by Crippen LogP contribution is -3.15. The molecule has 5 nitrogen and oxygen atoms in total. The highest BCUT2D eigenvalue weighted by atomic mass is 35.5. The predicted octanol–water partition coefficient (Wildman–Crippen LogP) is 2.74. The van der Waals surface area contributed by atoms with Gasteiger partial charge < -0.3 is 19.9 Å². The highest BCUT2D eigenvalue weighted by Gasteiger charge is 2.24. The molecule has 2 aromatic rings. The number of hydrogen-bond donors (Lipinski definition) is 2. The van der Waals surface area contributed by atoms with Crippen molar-refractivity contribution < 1.29 is 14.4 Å². The molecule has 0 saturated carbocycles. The first kappa shape index (κ1) is 19.8. The number of carbonyl (C=O) groups is 1. The second kappa shape index (κ2) is 9.31. The maximum atomic E-state index is 12.4. The van der Waals surface area contributed by atoms with Gasteiger partial charge in [0.1, 0.15) is 5.75 Å². The van der Waals surface area contributed by atoms with Crippen molar-refractivity contribution in [2.75, 3.05) is 49.5 Å². The first-order valence-corrected chi connectivity index (χ1v) is 9.87. The van der Waals surface area contributed by atoms with E-state index in [4.69, 9.17) is 27.9 Å². The fourth-order valence-corrected chi connectivity index (χ4v) is 3.59. The van der Waals surface area contributed by atoms with Crippen molar-refractivity contribution in [3.8, 4) is 5.75 Å². The number of hydrogen-bond acceptors (Lipinski definition) is 3. The Labute approximate surface area is 169 Å². The quantitative estimate of drug-likeness (QED) is 0.772. The van der Waals surface area contributed by atoms with E-state index < -0.39 is 0 Å². The second-order valence-electron chi connectivity index (χ2n) is 6.49. The molecule has 27 heavy (non-hydrogen) atoms. The summed E-state index contributed by atoms with van der Waals surface area (Å²) in [5.41, 5.74) is 1.67. The van der Waals surface area contributed by atoms with Gasteiger partial charge in [-0.3, -0.25) is 4.79 Å². The number of halogens is 2. The summed E-state index contributed by atoms with van der Waals surface area (Å²) in [7, 11) is 0. The lowest BCUT2D eigenvalue weighted by atomic mass is 10.2. The van der Waals surface area contributed by atoms with Crippen LogP contribution in [0.2, 0.25) is 10.0 Å². The molecule has 0 atom stereocenters. The van der Waals surface area contributed by atoms with Gasteiger partial charge in [-0.05, 0) is 37.3 Å². The van der Waals surface area contributed by atoms with Crippen molar-refractivity contribution in [1.29, 1.82) is 0 Å². The molecule has 0 radical (unpaired) electrons. The van der Waals surface area contributed by atoms with Crippen molar-refractivity contribution in [3.63, 3.8) is 0 Å². The predicted molar refractivity (Wildman–Crippen MR) is 110 cm³/mol. The van der Waals surface area contributed by atoms with E-state index in [0.29, 0.717) is 28.9 Å². The van der Waals surface area contributed by atoms with Gasteiger partial charge in [-0.2, -0.15) is 0 Å². The standard InChI is InChI=1S/C20H23Cl2N3O2/c1-2-27-19-6-4-3-5-18(19)25-11-9-24(10-12-25)14-20(26)23-17-13-15(21)7-8-16(17)22/h3-8,13H,2,9-12,14H2,1H3,(H,23,26)/p+1. The van der Waals surface area contributed by atoms with Gasteiger partial charge >= 0.3 is 0 Å². The summed E-state index contributed by atoms with van der Waals surface area (Å²) in [5.74, 6) is 0.856. The molecule has 1 amide bonds. The summed E-state index contributed by atoms with van der Waals surface area (Å²) in [6.45, 7) is 6.57. The zero-order valence-corrected chi connectivity index (χ0v) is 16.8. The molecule has 2 aromatic carbocycles. The summed E-state index contributed by atoms with van der Waals surface area (Å²) >= 11 is 12.1. The van der Waals surface area contributed by atoms with E-state index in [2.05, 4.69) is 16.3 Å². The zero-order valence-electron chi connectivity index (χ0n) is 15.3. The maximum Gasteiger partial charge on any atom is 0.279 e. The van der Waals surface area contributed by atoms with E-state index in [-0.39, 0.29) is 5.91 Å². The number of nitrogens with one attached hydrogen (secondary N) is 2. The number of para-hydroxylation sites is 2. The van der Waals surface area contributed by atoms with Crippen molar-refractivity contribution in [1.82, 2.24) is 0 Å². The van der Waals surface area contributed by atoms with Crippen LogP contribution in [0.25, 0.3) is 0 Å². The molecule has 0 aromatic heterocycles. The second-order valence-corrected chi connectivity index (χ2v) is 7.33. The van der Waals surface area contributed by atoms with Crippen LogP contribution in [-0.4, -0.2) is 45.2 Å². The summed E-state index contributed by atoms with van der Waals surface area (Å²) in [4.78, 5) is 15.9. The molecule has 0 spiro atoms. The van der Waals surface area contributed by atoms with Gasteiger partial charge in [0.25, 0.3) is 5.91 Å². The third-order valence-corrected chi connectivity index (χ3v) is 5.15. The molecule has 0 bridgehead atoms. The molecule has 144 valence electrons. The van der Waals surface area contributed by atoms with Crippen LogP contribution in [-0.2, 0) is 4.79 Å². The lowest BCUT2D eigenvalue weighted by molar-refractivity contribution is -0.892. The smallest absolute Gasteiger partial charge is 0.279 e. The van der Waals surface area contributed by atoms with Gasteiger partial charge in [0.15, 0.2) is 6.54 Å². The number of amides is 1. The van der Waals surface area contributed by atoms with Crippen molar-refractivity contribution in [2.24, 2.45) is 0 Å². The Morgan fingerprint density at radius 2 is 1.93 bits per heavy atom. The molecule has 7 heteroatoms. The Kier molecular flexibility index (Phi) is 6.83. The number of nitrogens with zero attached hydrogens (tertiary/aromatic N) is 1. The molecule has 1 aliphatic heterocycles. The molecule has 1 saturated heterocycles. The Balaban J connectivity index is 1.54. The molecule has 1 aliphatic rings. The van der Waals surface area contributed by atoms with Crippen LogP contribution in [0.1, 0.15) is 6.92 Å². The normalized spacial score (nSPS) is 14.9. The van der Waals surface area contributed by atoms with E-state index in [1.807, 2.05) is 25.1 Å². The summed E-state index contributed by atoms with van der Waals surface area (Å²) in [6, 6.07) is 13.1. The van der Waals surface area contributed by atoms with Crippen LogP contribution in [0.3, 0.4) is 0 Å². The molecular formula is C20H24Cl2N3O2+. The van der Waals surface area contributed by atoms with Crippen LogP contribution >= 0.6 is 23.2 Å². The monoisotopic (exact) mass is 408 g/mol. The topological polar surface area (TPSA) is 46.0 Å². The first-order valence-electron chi connectivity index (χ1n) is 9.12. The average Bonchev–Trinajstić information content (AvgIpc) is 2.66. The molecule has 3 rings (SSSR count). The minimum absolute atomic E-state index is 0.0580. The third kappa shape index (κ3) is 5.28. The van der Waals surface area contributed by atoms with Crippen molar-refractivity contribution in [2.45, 2.75) is 6.92 Å². The Morgan fingerprint density at radius 1 is 1.19 bits per heavy atom. The third-order valence-electron chi connectivity index (χ3n) is 4.59. The summed E-state index contributed by atoms with van der Waals surface area (Å²) in [6.07, 6.45) is 0.